The fourth-order valence-corrected chi connectivity index (χ4v) is 3.57. The smallest absolute Gasteiger partial charge is 0.321 e. The minimum absolute atomic E-state index is 0.0536. The van der Waals surface area contributed by atoms with E-state index in [2.05, 4.69) is 17.6 Å². The van der Waals surface area contributed by atoms with Gasteiger partial charge in [0.25, 0.3) is 0 Å². The minimum atomic E-state index is -0.867. The molecule has 3 amide bonds. The number of aliphatic carboxylic acids is 1. The standard InChI is InChI=1S/C14H24N2O4S/c1-2-21-11-8-7-10(9-11)15-14(20)16-12(17)5-3-4-6-13(18)19/h10-11H,2-9H2,1H3,(H,18,19)(H2,15,16,17,20). The van der Waals surface area contributed by atoms with Crippen LogP contribution in [-0.4, -0.2) is 40.1 Å². The van der Waals surface area contributed by atoms with Crippen LogP contribution in [0.4, 0.5) is 4.79 Å². The predicted octanol–water partition coefficient (Wildman–Crippen LogP) is 2.13. The maximum absolute atomic E-state index is 11.7. The lowest BCUT2D eigenvalue weighted by atomic mass is 10.2. The van der Waals surface area contributed by atoms with Crippen LogP contribution in [0.25, 0.3) is 0 Å². The predicted molar refractivity (Wildman–Crippen MR) is 82.3 cm³/mol. The van der Waals surface area contributed by atoms with Crippen molar-refractivity contribution in [2.45, 2.75) is 63.2 Å². The van der Waals surface area contributed by atoms with Gasteiger partial charge in [-0.25, -0.2) is 4.79 Å². The lowest BCUT2D eigenvalue weighted by Gasteiger charge is -2.13. The molecule has 7 heteroatoms. The number of nitrogens with one attached hydrogen (secondary N) is 2. The van der Waals surface area contributed by atoms with Crippen molar-refractivity contribution in [3.8, 4) is 0 Å². The van der Waals surface area contributed by atoms with Crippen LogP contribution in [0.2, 0.25) is 0 Å². The average molecular weight is 316 g/mol. The van der Waals surface area contributed by atoms with Gasteiger partial charge in [-0.2, -0.15) is 11.8 Å². The van der Waals surface area contributed by atoms with E-state index in [-0.39, 0.29) is 24.8 Å². The first-order valence-corrected chi connectivity index (χ1v) is 8.49. The van der Waals surface area contributed by atoms with Crippen molar-refractivity contribution in [3.63, 3.8) is 0 Å². The van der Waals surface area contributed by atoms with Gasteiger partial charge in [0.05, 0.1) is 0 Å². The van der Waals surface area contributed by atoms with Crippen LogP contribution in [0.15, 0.2) is 0 Å². The molecule has 0 heterocycles. The number of imide groups is 1. The van der Waals surface area contributed by atoms with Crippen molar-refractivity contribution >= 4 is 29.7 Å². The van der Waals surface area contributed by atoms with E-state index >= 15 is 0 Å². The van der Waals surface area contributed by atoms with E-state index in [0.29, 0.717) is 18.1 Å². The van der Waals surface area contributed by atoms with Crippen molar-refractivity contribution < 1.29 is 19.5 Å². The normalized spacial score (nSPS) is 21.0. The minimum Gasteiger partial charge on any atom is -0.481 e. The topological polar surface area (TPSA) is 95.5 Å². The second-order valence-corrected chi connectivity index (χ2v) is 6.79. The Balaban J connectivity index is 2.13. The third-order valence-corrected chi connectivity index (χ3v) is 4.65. The van der Waals surface area contributed by atoms with E-state index in [0.717, 1.165) is 25.0 Å². The monoisotopic (exact) mass is 316 g/mol. The van der Waals surface area contributed by atoms with Crippen LogP contribution >= 0.6 is 11.8 Å². The molecule has 1 saturated carbocycles. The highest BCUT2D eigenvalue weighted by Crippen LogP contribution is 2.29. The number of rotatable bonds is 8. The van der Waals surface area contributed by atoms with Crippen molar-refractivity contribution in [2.24, 2.45) is 0 Å². The third kappa shape index (κ3) is 7.94. The number of carbonyl (C=O) groups excluding carboxylic acids is 2. The zero-order chi connectivity index (χ0) is 15.7. The molecule has 21 heavy (non-hydrogen) atoms. The maximum Gasteiger partial charge on any atom is 0.321 e. The molecule has 1 aliphatic carbocycles. The van der Waals surface area contributed by atoms with Crippen molar-refractivity contribution in [3.05, 3.63) is 0 Å². The summed E-state index contributed by atoms with van der Waals surface area (Å²) in [5, 5.41) is 14.2. The van der Waals surface area contributed by atoms with Crippen LogP contribution in [0.5, 0.6) is 0 Å². The molecule has 3 N–H and O–H groups in total. The Morgan fingerprint density at radius 3 is 2.57 bits per heavy atom. The Kier molecular flexibility index (Phi) is 8.19. The first-order chi connectivity index (χ1) is 10.0. The molecule has 0 radical (unpaired) electrons. The van der Waals surface area contributed by atoms with Crippen LogP contribution in [0.3, 0.4) is 0 Å². The van der Waals surface area contributed by atoms with E-state index in [1.54, 1.807) is 0 Å². The van der Waals surface area contributed by atoms with E-state index < -0.39 is 12.0 Å². The van der Waals surface area contributed by atoms with Gasteiger partial charge in [0.1, 0.15) is 0 Å². The largest absolute Gasteiger partial charge is 0.481 e. The van der Waals surface area contributed by atoms with Crippen LogP contribution < -0.4 is 10.6 Å². The molecule has 6 nitrogen and oxygen atoms in total. The van der Waals surface area contributed by atoms with Gasteiger partial charge in [-0.1, -0.05) is 6.92 Å². The Bertz CT molecular complexity index is 376. The van der Waals surface area contributed by atoms with Gasteiger partial charge in [0, 0.05) is 24.1 Å². The van der Waals surface area contributed by atoms with Gasteiger partial charge in [-0.3, -0.25) is 14.9 Å². The number of carbonyl (C=O) groups is 3. The lowest BCUT2D eigenvalue weighted by Crippen LogP contribution is -2.43. The average Bonchev–Trinajstić information content (AvgIpc) is 2.82. The molecule has 0 aromatic carbocycles. The van der Waals surface area contributed by atoms with E-state index in [9.17, 15) is 14.4 Å². The molecular formula is C14H24N2O4S. The fourth-order valence-electron chi connectivity index (χ4n) is 2.43. The Morgan fingerprint density at radius 2 is 1.90 bits per heavy atom. The van der Waals surface area contributed by atoms with Crippen LogP contribution in [-0.2, 0) is 9.59 Å². The summed E-state index contributed by atoms with van der Waals surface area (Å²) in [7, 11) is 0. The van der Waals surface area contributed by atoms with Gasteiger partial charge < -0.3 is 10.4 Å². The van der Waals surface area contributed by atoms with Gasteiger partial charge in [-0.15, -0.1) is 0 Å². The summed E-state index contributed by atoms with van der Waals surface area (Å²) in [5.41, 5.74) is 0. The van der Waals surface area contributed by atoms with E-state index in [4.69, 9.17) is 5.11 Å². The number of thioether (sulfide) groups is 1. The number of unbranched alkanes of at least 4 members (excludes halogenated alkanes) is 1. The summed E-state index contributed by atoms with van der Waals surface area (Å²) in [6.45, 7) is 2.13. The number of carboxylic acid groups (broad SMARTS) is 1. The van der Waals surface area contributed by atoms with E-state index in [1.165, 1.54) is 0 Å². The second kappa shape index (κ2) is 9.65. The molecule has 0 spiro atoms. The number of hydrogen-bond acceptors (Lipinski definition) is 4. The lowest BCUT2D eigenvalue weighted by molar-refractivity contribution is -0.137. The number of hydrogen-bond donors (Lipinski definition) is 3. The molecule has 1 rings (SSSR count). The van der Waals surface area contributed by atoms with Crippen molar-refractivity contribution in [1.29, 1.82) is 0 Å². The second-order valence-electron chi connectivity index (χ2n) is 5.21. The molecule has 0 aromatic heterocycles. The summed E-state index contributed by atoms with van der Waals surface area (Å²) >= 11 is 1.91. The van der Waals surface area contributed by atoms with Crippen molar-refractivity contribution in [1.82, 2.24) is 10.6 Å². The Hall–Kier alpha value is -1.24. The van der Waals surface area contributed by atoms with Gasteiger partial charge in [0.15, 0.2) is 0 Å². The molecule has 0 saturated heterocycles. The summed E-state index contributed by atoms with van der Waals surface area (Å²) in [5.74, 6) is -0.137. The molecule has 2 unspecified atom stereocenters. The van der Waals surface area contributed by atoms with Crippen molar-refractivity contribution in [2.75, 3.05) is 5.75 Å². The molecule has 2 atom stereocenters. The molecule has 0 bridgehead atoms. The molecule has 0 aliphatic heterocycles. The highest BCUT2D eigenvalue weighted by atomic mass is 32.2. The van der Waals surface area contributed by atoms with Gasteiger partial charge in [0.2, 0.25) is 5.91 Å². The van der Waals surface area contributed by atoms with Gasteiger partial charge >= 0.3 is 12.0 Å². The molecular weight excluding hydrogens is 292 g/mol. The maximum atomic E-state index is 11.7. The summed E-state index contributed by atoms with van der Waals surface area (Å²) < 4.78 is 0. The molecule has 1 aliphatic rings. The number of carboxylic acids is 1. The summed E-state index contributed by atoms with van der Waals surface area (Å²) in [6, 6.07) is -0.292. The SMILES string of the molecule is CCSC1CCC(NC(=O)NC(=O)CCCCC(=O)O)C1. The third-order valence-electron chi connectivity index (χ3n) is 3.42. The molecule has 120 valence electrons. The first-order valence-electron chi connectivity index (χ1n) is 7.45. The fraction of sp³-hybridized carbons (Fsp3) is 0.786. The molecule has 1 fully saturated rings. The van der Waals surface area contributed by atoms with E-state index in [1.807, 2.05) is 11.8 Å². The highest BCUT2D eigenvalue weighted by molar-refractivity contribution is 7.99. The Morgan fingerprint density at radius 1 is 1.19 bits per heavy atom. The molecule has 0 aromatic rings. The highest BCUT2D eigenvalue weighted by Gasteiger charge is 2.25. The first kappa shape index (κ1) is 17.8. The zero-order valence-electron chi connectivity index (χ0n) is 12.4. The number of amides is 3. The summed E-state index contributed by atoms with van der Waals surface area (Å²) in [4.78, 5) is 33.5. The van der Waals surface area contributed by atoms with Crippen LogP contribution in [0.1, 0.15) is 51.9 Å². The van der Waals surface area contributed by atoms with Crippen LogP contribution in [0, 0.1) is 0 Å². The van der Waals surface area contributed by atoms with Gasteiger partial charge in [-0.05, 0) is 37.9 Å². The Labute approximate surface area is 129 Å². The summed E-state index contributed by atoms with van der Waals surface area (Å²) in [6.07, 6.45) is 4.17. The number of urea groups is 1. The quantitative estimate of drug-likeness (QED) is 0.596. The zero-order valence-corrected chi connectivity index (χ0v) is 13.2.